The number of nitrogens with zero attached hydrogens (tertiary/aromatic N) is 3. The molecule has 3 aromatic rings. The molecule has 3 rings (SSSR count). The maximum Gasteiger partial charge on any atom is 0.210 e. The predicted octanol–water partition coefficient (Wildman–Crippen LogP) is 1.86. The number of hydrogen-bond donors (Lipinski definition) is 1. The van der Waals surface area contributed by atoms with E-state index in [0.29, 0.717) is 17.7 Å². The van der Waals surface area contributed by atoms with Gasteiger partial charge in [-0.1, -0.05) is 0 Å². The monoisotopic (exact) mass is 322 g/mol. The van der Waals surface area contributed by atoms with Crippen molar-refractivity contribution in [2.75, 3.05) is 11.5 Å². The van der Waals surface area contributed by atoms with Crippen LogP contribution in [0.5, 0.6) is 0 Å². The molecular weight excluding hydrogens is 308 g/mol. The average molecular weight is 322 g/mol. The highest BCUT2D eigenvalue weighted by Crippen LogP contribution is 2.27. The predicted molar refractivity (Wildman–Crippen MR) is 83.0 cm³/mol. The number of anilines is 1. The Balaban J connectivity index is 1.87. The third-order valence-electron chi connectivity index (χ3n) is 3.18. The van der Waals surface area contributed by atoms with Crippen molar-refractivity contribution in [2.24, 2.45) is 0 Å². The second-order valence-electron chi connectivity index (χ2n) is 4.69. The normalized spacial score (nSPS) is 12.0. The molecule has 0 aliphatic rings. The standard InChI is InChI=1S/C13H14N4O2S2/c1-9-15-4-5-17(9)6-7-21(18,19)13-16-11-3-2-10(14)8-12(11)20-13/h2-5,8H,6-7,14H2,1H3. The number of imidazole rings is 1. The van der Waals surface area contributed by atoms with E-state index in [-0.39, 0.29) is 10.1 Å². The minimum atomic E-state index is -3.41. The van der Waals surface area contributed by atoms with Crippen LogP contribution in [0.1, 0.15) is 5.82 Å². The van der Waals surface area contributed by atoms with Gasteiger partial charge in [-0.05, 0) is 25.1 Å². The van der Waals surface area contributed by atoms with Gasteiger partial charge in [-0.25, -0.2) is 18.4 Å². The van der Waals surface area contributed by atoms with E-state index in [1.165, 1.54) is 0 Å². The Morgan fingerprint density at radius 1 is 1.38 bits per heavy atom. The Bertz CT molecular complexity index is 896. The molecule has 0 saturated heterocycles. The number of sulfone groups is 1. The average Bonchev–Trinajstić information content (AvgIpc) is 3.02. The first-order valence-corrected chi connectivity index (χ1v) is 8.79. The Morgan fingerprint density at radius 3 is 2.90 bits per heavy atom. The van der Waals surface area contributed by atoms with Gasteiger partial charge in [0.2, 0.25) is 14.2 Å². The zero-order valence-corrected chi connectivity index (χ0v) is 13.0. The summed E-state index contributed by atoms with van der Waals surface area (Å²) in [5.41, 5.74) is 6.96. The number of aromatic nitrogens is 3. The summed E-state index contributed by atoms with van der Waals surface area (Å²) in [6, 6.07) is 5.19. The second-order valence-corrected chi connectivity index (χ2v) is 8.01. The van der Waals surface area contributed by atoms with E-state index in [0.717, 1.165) is 21.9 Å². The van der Waals surface area contributed by atoms with Crippen LogP contribution in [0.4, 0.5) is 5.69 Å². The summed E-state index contributed by atoms with van der Waals surface area (Å²) < 4.78 is 27.5. The number of benzene rings is 1. The van der Waals surface area contributed by atoms with Gasteiger partial charge >= 0.3 is 0 Å². The molecule has 0 fully saturated rings. The highest BCUT2D eigenvalue weighted by atomic mass is 32.2. The largest absolute Gasteiger partial charge is 0.399 e. The molecule has 0 unspecified atom stereocenters. The zero-order chi connectivity index (χ0) is 15.0. The number of nitrogen functional groups attached to an aromatic ring is 1. The summed E-state index contributed by atoms with van der Waals surface area (Å²) in [6.45, 7) is 2.21. The molecule has 2 aromatic heterocycles. The molecule has 1 aromatic carbocycles. The van der Waals surface area contributed by atoms with E-state index < -0.39 is 9.84 Å². The Kier molecular flexibility index (Phi) is 3.42. The SMILES string of the molecule is Cc1nccn1CCS(=O)(=O)c1nc2ccc(N)cc2s1. The van der Waals surface area contributed by atoms with Gasteiger partial charge in [-0.3, -0.25) is 0 Å². The van der Waals surface area contributed by atoms with E-state index in [4.69, 9.17) is 5.73 Å². The minimum absolute atomic E-state index is 0.000492. The number of aryl methyl sites for hydroxylation is 2. The molecule has 2 N–H and O–H groups in total. The van der Waals surface area contributed by atoms with Crippen LogP contribution in [-0.2, 0) is 16.4 Å². The van der Waals surface area contributed by atoms with E-state index in [1.807, 2.05) is 11.5 Å². The van der Waals surface area contributed by atoms with Crippen molar-refractivity contribution in [1.29, 1.82) is 0 Å². The zero-order valence-electron chi connectivity index (χ0n) is 11.4. The van der Waals surface area contributed by atoms with Crippen molar-refractivity contribution in [3.8, 4) is 0 Å². The first kappa shape index (κ1) is 14.0. The van der Waals surface area contributed by atoms with Gasteiger partial charge in [0.25, 0.3) is 0 Å². The lowest BCUT2D eigenvalue weighted by molar-refractivity contribution is 0.587. The summed E-state index contributed by atoms with van der Waals surface area (Å²) in [6.07, 6.45) is 3.42. The molecule has 0 radical (unpaired) electrons. The third-order valence-corrected chi connectivity index (χ3v) is 6.35. The van der Waals surface area contributed by atoms with Crippen LogP contribution in [0.2, 0.25) is 0 Å². The van der Waals surface area contributed by atoms with Crippen molar-refractivity contribution in [1.82, 2.24) is 14.5 Å². The molecule has 0 atom stereocenters. The molecule has 21 heavy (non-hydrogen) atoms. The van der Waals surface area contributed by atoms with Crippen molar-refractivity contribution in [3.05, 3.63) is 36.4 Å². The van der Waals surface area contributed by atoms with Crippen molar-refractivity contribution in [3.63, 3.8) is 0 Å². The summed E-state index contributed by atoms with van der Waals surface area (Å²) >= 11 is 1.16. The van der Waals surface area contributed by atoms with Crippen LogP contribution in [0, 0.1) is 6.92 Å². The molecule has 0 amide bonds. The molecule has 0 bridgehead atoms. The lowest BCUT2D eigenvalue weighted by atomic mass is 10.3. The van der Waals surface area contributed by atoms with Crippen LogP contribution in [0.25, 0.3) is 10.2 Å². The Morgan fingerprint density at radius 2 is 2.19 bits per heavy atom. The van der Waals surface area contributed by atoms with E-state index in [9.17, 15) is 8.42 Å². The van der Waals surface area contributed by atoms with Gasteiger partial charge in [-0.15, -0.1) is 11.3 Å². The van der Waals surface area contributed by atoms with Crippen molar-refractivity contribution in [2.45, 2.75) is 17.8 Å². The highest BCUT2D eigenvalue weighted by molar-refractivity contribution is 7.93. The molecule has 2 heterocycles. The topological polar surface area (TPSA) is 90.9 Å². The first-order chi connectivity index (χ1) is 9.95. The van der Waals surface area contributed by atoms with Crippen molar-refractivity contribution >= 4 is 37.1 Å². The fourth-order valence-electron chi connectivity index (χ4n) is 2.00. The van der Waals surface area contributed by atoms with Crippen LogP contribution < -0.4 is 5.73 Å². The molecule has 110 valence electrons. The van der Waals surface area contributed by atoms with Gasteiger partial charge in [0.15, 0.2) is 0 Å². The first-order valence-electron chi connectivity index (χ1n) is 6.32. The highest BCUT2D eigenvalue weighted by Gasteiger charge is 2.20. The summed E-state index contributed by atoms with van der Waals surface area (Å²) in [5.74, 6) is 0.793. The van der Waals surface area contributed by atoms with E-state index in [1.54, 1.807) is 30.6 Å². The van der Waals surface area contributed by atoms with Gasteiger partial charge in [0.1, 0.15) is 5.82 Å². The van der Waals surface area contributed by atoms with E-state index in [2.05, 4.69) is 9.97 Å². The lowest BCUT2D eigenvalue weighted by Gasteiger charge is -2.04. The molecule has 6 nitrogen and oxygen atoms in total. The van der Waals surface area contributed by atoms with Crippen LogP contribution in [-0.4, -0.2) is 28.7 Å². The molecule has 0 saturated carbocycles. The third kappa shape index (κ3) is 2.77. The number of nitrogens with two attached hydrogens (primary N) is 1. The van der Waals surface area contributed by atoms with Gasteiger partial charge in [0, 0.05) is 24.6 Å². The number of rotatable bonds is 4. The molecule has 0 aliphatic carbocycles. The number of hydrogen-bond acceptors (Lipinski definition) is 6. The van der Waals surface area contributed by atoms with Crippen LogP contribution in [0.3, 0.4) is 0 Å². The van der Waals surface area contributed by atoms with Crippen LogP contribution in [0.15, 0.2) is 34.9 Å². The summed E-state index contributed by atoms with van der Waals surface area (Å²) in [5, 5.41) is 0. The fourth-order valence-corrected chi connectivity index (χ4v) is 4.62. The van der Waals surface area contributed by atoms with Gasteiger partial charge < -0.3 is 10.3 Å². The summed E-state index contributed by atoms with van der Waals surface area (Å²) in [7, 11) is -3.41. The quantitative estimate of drug-likeness (QED) is 0.740. The number of thiazole rings is 1. The smallest absolute Gasteiger partial charge is 0.210 e. The maximum absolute atomic E-state index is 12.4. The maximum atomic E-state index is 12.4. The van der Waals surface area contributed by atoms with Gasteiger partial charge in [0.05, 0.1) is 16.0 Å². The second kappa shape index (κ2) is 5.12. The Labute approximate surface area is 126 Å². The molecule has 8 heteroatoms. The molecular formula is C13H14N4O2S2. The van der Waals surface area contributed by atoms with Crippen molar-refractivity contribution < 1.29 is 8.42 Å². The minimum Gasteiger partial charge on any atom is -0.399 e. The molecule has 0 spiro atoms. The van der Waals surface area contributed by atoms with Crippen LogP contribution >= 0.6 is 11.3 Å². The van der Waals surface area contributed by atoms with E-state index >= 15 is 0 Å². The number of fused-ring (bicyclic) bond motifs is 1. The molecule has 0 aliphatic heterocycles. The lowest BCUT2D eigenvalue weighted by Crippen LogP contribution is -2.13. The fraction of sp³-hybridized carbons (Fsp3) is 0.231. The Hall–Kier alpha value is -1.93. The summed E-state index contributed by atoms with van der Waals surface area (Å²) in [4.78, 5) is 8.27. The van der Waals surface area contributed by atoms with Gasteiger partial charge in [-0.2, -0.15) is 0 Å².